The Morgan fingerprint density at radius 1 is 1.39 bits per heavy atom. The summed E-state index contributed by atoms with van der Waals surface area (Å²) >= 11 is 0. The van der Waals surface area contributed by atoms with E-state index in [9.17, 15) is 8.42 Å². The van der Waals surface area contributed by atoms with Gasteiger partial charge in [0, 0.05) is 24.9 Å². The van der Waals surface area contributed by atoms with Gasteiger partial charge in [0.05, 0.1) is 5.75 Å². The summed E-state index contributed by atoms with van der Waals surface area (Å²) in [6, 6.07) is 0.897. The molecule has 5 heteroatoms. The molecule has 1 rings (SSSR count). The average molecular weight is 276 g/mol. The first-order valence-electron chi connectivity index (χ1n) is 6.79. The van der Waals surface area contributed by atoms with Crippen molar-refractivity contribution in [2.75, 3.05) is 32.1 Å². The maximum absolute atomic E-state index is 11.2. The molecule has 0 saturated heterocycles. The maximum atomic E-state index is 11.2. The molecule has 1 N–H and O–H groups in total. The van der Waals surface area contributed by atoms with Crippen LogP contribution in [0.5, 0.6) is 0 Å². The van der Waals surface area contributed by atoms with Crippen molar-refractivity contribution >= 4 is 9.84 Å². The van der Waals surface area contributed by atoms with Gasteiger partial charge in [-0.15, -0.1) is 0 Å². The van der Waals surface area contributed by atoms with Gasteiger partial charge in [0.1, 0.15) is 9.84 Å². The van der Waals surface area contributed by atoms with Gasteiger partial charge >= 0.3 is 0 Å². The van der Waals surface area contributed by atoms with Crippen LogP contribution in [0.15, 0.2) is 0 Å². The SMILES string of the molecule is CCNC1C(N(C)CCS(C)(=O)=O)CCC1(C)C. The lowest BCUT2D eigenvalue weighted by Gasteiger charge is -2.35. The molecule has 0 aromatic carbocycles. The standard InChI is InChI=1S/C13H28N2O2S/c1-6-14-12-11(7-8-13(12,2)3)15(4)9-10-18(5,16)17/h11-12,14H,6-10H2,1-5H3. The summed E-state index contributed by atoms with van der Waals surface area (Å²) in [4.78, 5) is 2.21. The summed E-state index contributed by atoms with van der Waals surface area (Å²) in [7, 11) is -0.826. The first-order chi connectivity index (χ1) is 8.17. The van der Waals surface area contributed by atoms with E-state index in [1.54, 1.807) is 0 Å². The molecule has 4 nitrogen and oxygen atoms in total. The Morgan fingerprint density at radius 3 is 2.50 bits per heavy atom. The van der Waals surface area contributed by atoms with Crippen molar-refractivity contribution in [3.05, 3.63) is 0 Å². The molecule has 108 valence electrons. The molecule has 1 aliphatic carbocycles. The van der Waals surface area contributed by atoms with Crippen LogP contribution >= 0.6 is 0 Å². The first kappa shape index (κ1) is 15.9. The molecular weight excluding hydrogens is 248 g/mol. The third-order valence-electron chi connectivity index (χ3n) is 4.12. The molecule has 0 spiro atoms. The molecule has 0 aromatic heterocycles. The summed E-state index contributed by atoms with van der Waals surface area (Å²) in [6.45, 7) is 8.31. The zero-order valence-electron chi connectivity index (χ0n) is 12.4. The number of hydrogen-bond donors (Lipinski definition) is 1. The van der Waals surface area contributed by atoms with Crippen molar-refractivity contribution in [3.63, 3.8) is 0 Å². The fraction of sp³-hybridized carbons (Fsp3) is 1.00. The van der Waals surface area contributed by atoms with Crippen LogP contribution < -0.4 is 5.32 Å². The summed E-state index contributed by atoms with van der Waals surface area (Å²) in [6.07, 6.45) is 3.64. The number of sulfone groups is 1. The molecule has 18 heavy (non-hydrogen) atoms. The zero-order valence-corrected chi connectivity index (χ0v) is 13.2. The van der Waals surface area contributed by atoms with Crippen LogP contribution in [0.3, 0.4) is 0 Å². The van der Waals surface area contributed by atoms with Gasteiger partial charge < -0.3 is 10.2 Å². The Balaban J connectivity index is 2.64. The Morgan fingerprint density at radius 2 is 2.00 bits per heavy atom. The second-order valence-corrected chi connectivity index (χ2v) is 8.50. The predicted molar refractivity (Wildman–Crippen MR) is 76.6 cm³/mol. The van der Waals surface area contributed by atoms with Gasteiger partial charge in [-0.2, -0.15) is 0 Å². The van der Waals surface area contributed by atoms with Crippen LogP contribution in [-0.4, -0.2) is 57.5 Å². The van der Waals surface area contributed by atoms with Crippen molar-refractivity contribution in [1.29, 1.82) is 0 Å². The monoisotopic (exact) mass is 276 g/mol. The Bertz CT molecular complexity index is 365. The molecule has 0 heterocycles. The zero-order chi connectivity index (χ0) is 14.0. The van der Waals surface area contributed by atoms with Gasteiger partial charge in [-0.05, 0) is 31.8 Å². The lowest BCUT2D eigenvalue weighted by Crippen LogP contribution is -2.51. The Hall–Kier alpha value is -0.130. The van der Waals surface area contributed by atoms with Crippen molar-refractivity contribution in [1.82, 2.24) is 10.2 Å². The van der Waals surface area contributed by atoms with E-state index in [-0.39, 0.29) is 5.75 Å². The Kier molecular flexibility index (Phi) is 5.21. The van der Waals surface area contributed by atoms with Crippen LogP contribution in [0.1, 0.15) is 33.6 Å². The summed E-state index contributed by atoms with van der Waals surface area (Å²) in [5, 5.41) is 3.57. The van der Waals surface area contributed by atoms with Crippen LogP contribution in [0, 0.1) is 5.41 Å². The normalized spacial score (nSPS) is 27.9. The van der Waals surface area contributed by atoms with E-state index in [1.807, 2.05) is 7.05 Å². The second kappa shape index (κ2) is 5.88. The molecule has 1 aliphatic rings. The van der Waals surface area contributed by atoms with Crippen molar-refractivity contribution in [2.24, 2.45) is 5.41 Å². The highest BCUT2D eigenvalue weighted by Crippen LogP contribution is 2.39. The van der Waals surface area contributed by atoms with E-state index in [0.29, 0.717) is 24.0 Å². The molecule has 0 amide bonds. The molecule has 2 unspecified atom stereocenters. The van der Waals surface area contributed by atoms with E-state index in [0.717, 1.165) is 13.0 Å². The number of hydrogen-bond acceptors (Lipinski definition) is 4. The fourth-order valence-electron chi connectivity index (χ4n) is 2.95. The van der Waals surface area contributed by atoms with Crippen LogP contribution in [-0.2, 0) is 9.84 Å². The topological polar surface area (TPSA) is 49.4 Å². The second-order valence-electron chi connectivity index (χ2n) is 6.24. The summed E-state index contributed by atoms with van der Waals surface area (Å²) in [5.41, 5.74) is 0.292. The van der Waals surface area contributed by atoms with Gasteiger partial charge in [-0.3, -0.25) is 0 Å². The number of nitrogens with zero attached hydrogens (tertiary/aromatic N) is 1. The highest BCUT2D eigenvalue weighted by molar-refractivity contribution is 7.90. The minimum absolute atomic E-state index is 0.249. The third kappa shape index (κ3) is 4.21. The third-order valence-corrected chi connectivity index (χ3v) is 5.04. The highest BCUT2D eigenvalue weighted by atomic mass is 32.2. The minimum atomic E-state index is -2.87. The van der Waals surface area contributed by atoms with E-state index >= 15 is 0 Å². The highest BCUT2D eigenvalue weighted by Gasteiger charge is 2.42. The van der Waals surface area contributed by atoms with Crippen molar-refractivity contribution in [3.8, 4) is 0 Å². The van der Waals surface area contributed by atoms with Gasteiger partial charge in [0.2, 0.25) is 0 Å². The quantitative estimate of drug-likeness (QED) is 0.790. The molecule has 0 aromatic rings. The van der Waals surface area contributed by atoms with E-state index in [1.165, 1.54) is 12.7 Å². The Labute approximate surface area is 112 Å². The first-order valence-corrected chi connectivity index (χ1v) is 8.85. The molecule has 0 radical (unpaired) electrons. The maximum Gasteiger partial charge on any atom is 0.148 e. The van der Waals surface area contributed by atoms with Crippen molar-refractivity contribution in [2.45, 2.75) is 45.7 Å². The minimum Gasteiger partial charge on any atom is -0.312 e. The number of likely N-dealkylation sites (N-methyl/N-ethyl adjacent to an activating group) is 2. The van der Waals surface area contributed by atoms with Crippen LogP contribution in [0.4, 0.5) is 0 Å². The van der Waals surface area contributed by atoms with Crippen LogP contribution in [0.2, 0.25) is 0 Å². The van der Waals surface area contributed by atoms with E-state index in [2.05, 4.69) is 31.0 Å². The number of nitrogens with one attached hydrogen (secondary N) is 1. The molecule has 2 atom stereocenters. The lowest BCUT2D eigenvalue weighted by molar-refractivity contribution is 0.179. The largest absolute Gasteiger partial charge is 0.312 e. The van der Waals surface area contributed by atoms with Crippen LogP contribution in [0.25, 0.3) is 0 Å². The molecule has 1 saturated carbocycles. The molecule has 0 bridgehead atoms. The molecule has 1 fully saturated rings. The number of rotatable bonds is 6. The smallest absolute Gasteiger partial charge is 0.148 e. The lowest BCUT2D eigenvalue weighted by atomic mass is 9.86. The van der Waals surface area contributed by atoms with Gasteiger partial charge in [-0.1, -0.05) is 20.8 Å². The molecular formula is C13H28N2O2S. The molecule has 0 aliphatic heterocycles. The predicted octanol–water partition coefficient (Wildman–Crippen LogP) is 1.13. The van der Waals surface area contributed by atoms with Gasteiger partial charge in [-0.25, -0.2) is 8.42 Å². The van der Waals surface area contributed by atoms with Gasteiger partial charge in [0.15, 0.2) is 0 Å². The van der Waals surface area contributed by atoms with Gasteiger partial charge in [0.25, 0.3) is 0 Å². The van der Waals surface area contributed by atoms with Crippen molar-refractivity contribution < 1.29 is 8.42 Å². The summed E-state index contributed by atoms with van der Waals surface area (Å²) < 4.78 is 22.5. The van der Waals surface area contributed by atoms with E-state index < -0.39 is 9.84 Å². The van der Waals surface area contributed by atoms with E-state index in [4.69, 9.17) is 0 Å². The fourth-order valence-corrected chi connectivity index (χ4v) is 3.57. The average Bonchev–Trinajstić information content (AvgIpc) is 2.51. The summed E-state index contributed by atoms with van der Waals surface area (Å²) in [5.74, 6) is 0.249.